The number of carbonyl (C=O) groups is 1. The molecule has 3 aromatic carbocycles. The number of benzene rings is 3. The Kier molecular flexibility index (Phi) is 9.31. The number of nitrogens with one attached hydrogen (secondary N) is 3. The van der Waals surface area contributed by atoms with Crippen LogP contribution in [0.15, 0.2) is 65.4 Å². The van der Waals surface area contributed by atoms with Crippen LogP contribution in [0.5, 0.6) is 0 Å². The maximum absolute atomic E-state index is 14.5. The molecule has 0 spiro atoms. The topological polar surface area (TPSA) is 91.8 Å². The van der Waals surface area contributed by atoms with Crippen molar-refractivity contribution >= 4 is 60.8 Å². The molecule has 0 atom stereocenters. The highest BCUT2D eigenvalue weighted by atomic mass is 79.9. The van der Waals surface area contributed by atoms with Gasteiger partial charge in [-0.1, -0.05) is 31.0 Å². The lowest BCUT2D eigenvalue weighted by molar-refractivity contribution is 0.0953. The molecule has 2 heterocycles. The standard InChI is InChI=1S/C35H36BrFN6O/c1-22-13-15-25-31(19-22)42-28-11-5-4-9-24(28)33(25)38-17-6-2-3-7-18-39-35(44)23-14-16-26-30(20-23)40-21-41-34(26)43-29-12-8-10-27(36)32(29)37/h8,10,12-16,19-21H,2-7,9,11,17-18H2,1H3,(H,38,42)(H,39,44)(H,40,41,43). The number of aryl methyl sites for hydroxylation is 2. The number of pyridine rings is 1. The molecule has 44 heavy (non-hydrogen) atoms. The van der Waals surface area contributed by atoms with Gasteiger partial charge in [0.1, 0.15) is 12.1 Å². The molecule has 226 valence electrons. The zero-order valence-electron chi connectivity index (χ0n) is 24.9. The van der Waals surface area contributed by atoms with Crippen LogP contribution < -0.4 is 16.0 Å². The fourth-order valence-corrected chi connectivity index (χ4v) is 6.25. The number of unbranched alkanes of at least 4 members (excludes halogenated alkanes) is 3. The number of carbonyl (C=O) groups excluding carboxylic acids is 1. The first-order valence-corrected chi connectivity index (χ1v) is 16.2. The molecule has 6 rings (SSSR count). The quantitative estimate of drug-likeness (QED) is 0.124. The molecule has 7 nitrogen and oxygen atoms in total. The molecule has 1 aliphatic rings. The first kappa shape index (κ1) is 29.9. The Morgan fingerprint density at radius 3 is 2.61 bits per heavy atom. The summed E-state index contributed by atoms with van der Waals surface area (Å²) in [5.41, 5.74) is 7.72. The number of hydrogen-bond acceptors (Lipinski definition) is 6. The van der Waals surface area contributed by atoms with Crippen LogP contribution in [-0.4, -0.2) is 33.9 Å². The highest BCUT2D eigenvalue weighted by molar-refractivity contribution is 9.10. The summed E-state index contributed by atoms with van der Waals surface area (Å²) in [7, 11) is 0. The molecule has 9 heteroatoms. The van der Waals surface area contributed by atoms with E-state index in [-0.39, 0.29) is 5.91 Å². The van der Waals surface area contributed by atoms with E-state index < -0.39 is 5.82 Å². The van der Waals surface area contributed by atoms with Gasteiger partial charge in [-0.2, -0.15) is 0 Å². The highest BCUT2D eigenvalue weighted by Gasteiger charge is 2.18. The van der Waals surface area contributed by atoms with Crippen LogP contribution in [0, 0.1) is 12.7 Å². The molecule has 0 fully saturated rings. The zero-order valence-corrected chi connectivity index (χ0v) is 26.4. The molecule has 3 N–H and O–H groups in total. The van der Waals surface area contributed by atoms with Crippen LogP contribution in [0.4, 0.5) is 21.6 Å². The van der Waals surface area contributed by atoms with Gasteiger partial charge in [-0.25, -0.2) is 14.4 Å². The number of amides is 1. The first-order chi connectivity index (χ1) is 21.5. The van der Waals surface area contributed by atoms with Crippen molar-refractivity contribution in [2.45, 2.75) is 58.3 Å². The Hall–Kier alpha value is -4.11. The normalized spacial score (nSPS) is 12.7. The number of hydrogen-bond donors (Lipinski definition) is 3. The maximum atomic E-state index is 14.5. The van der Waals surface area contributed by atoms with Crippen molar-refractivity contribution in [1.82, 2.24) is 20.3 Å². The van der Waals surface area contributed by atoms with E-state index in [0.29, 0.717) is 39.0 Å². The van der Waals surface area contributed by atoms with Crippen LogP contribution in [0.1, 0.15) is 65.7 Å². The number of halogens is 2. The second kappa shape index (κ2) is 13.7. The molecule has 0 aliphatic heterocycles. The Bertz CT molecular complexity index is 1830. The van der Waals surface area contributed by atoms with Crippen molar-refractivity contribution in [3.63, 3.8) is 0 Å². The molecular formula is C35H36BrFN6O. The average Bonchev–Trinajstić information content (AvgIpc) is 3.03. The summed E-state index contributed by atoms with van der Waals surface area (Å²) in [4.78, 5) is 26.4. The third-order valence-electron chi connectivity index (χ3n) is 8.21. The SMILES string of the molecule is Cc1ccc2c(NCCCCCCNC(=O)c3ccc4c(Nc5cccc(Br)c5F)ncnc4c3)c3c(nc2c1)CCCC3. The summed E-state index contributed by atoms with van der Waals surface area (Å²) in [6, 6.07) is 16.9. The van der Waals surface area contributed by atoms with Crippen LogP contribution in [-0.2, 0) is 12.8 Å². The molecule has 5 aromatic rings. The van der Waals surface area contributed by atoms with Gasteiger partial charge in [0.15, 0.2) is 5.82 Å². The number of nitrogens with zero attached hydrogens (tertiary/aromatic N) is 3. The third-order valence-corrected chi connectivity index (χ3v) is 8.83. The second-order valence-electron chi connectivity index (χ2n) is 11.4. The zero-order chi connectivity index (χ0) is 30.5. The van der Waals surface area contributed by atoms with Crippen molar-refractivity contribution in [3.05, 3.63) is 93.6 Å². The Morgan fingerprint density at radius 2 is 1.73 bits per heavy atom. The van der Waals surface area contributed by atoms with Gasteiger partial charge in [-0.05, 0) is 109 Å². The van der Waals surface area contributed by atoms with Crippen molar-refractivity contribution < 1.29 is 9.18 Å². The fraction of sp³-hybridized carbons (Fsp3) is 0.314. The molecule has 0 radical (unpaired) electrons. The van der Waals surface area contributed by atoms with Crippen LogP contribution >= 0.6 is 15.9 Å². The van der Waals surface area contributed by atoms with Gasteiger partial charge in [0, 0.05) is 40.8 Å². The lowest BCUT2D eigenvalue weighted by Crippen LogP contribution is -2.24. The van der Waals surface area contributed by atoms with Gasteiger partial charge in [0.05, 0.1) is 21.2 Å². The van der Waals surface area contributed by atoms with Crippen molar-refractivity contribution in [2.24, 2.45) is 0 Å². The lowest BCUT2D eigenvalue weighted by atomic mass is 9.92. The van der Waals surface area contributed by atoms with Crippen LogP contribution in [0.3, 0.4) is 0 Å². The number of rotatable bonds is 11. The van der Waals surface area contributed by atoms with Gasteiger partial charge in [0.2, 0.25) is 0 Å². The minimum absolute atomic E-state index is 0.135. The monoisotopic (exact) mass is 654 g/mol. The van der Waals surface area contributed by atoms with Gasteiger partial charge in [-0.3, -0.25) is 9.78 Å². The predicted octanol–water partition coefficient (Wildman–Crippen LogP) is 8.41. The Balaban J connectivity index is 0.975. The fourth-order valence-electron chi connectivity index (χ4n) is 5.88. The number of fused-ring (bicyclic) bond motifs is 3. The summed E-state index contributed by atoms with van der Waals surface area (Å²) >= 11 is 3.21. The molecule has 0 saturated heterocycles. The van der Waals surface area contributed by atoms with E-state index in [1.165, 1.54) is 47.1 Å². The van der Waals surface area contributed by atoms with Crippen molar-refractivity contribution in [2.75, 3.05) is 23.7 Å². The summed E-state index contributed by atoms with van der Waals surface area (Å²) in [6.45, 7) is 3.66. The Morgan fingerprint density at radius 1 is 0.909 bits per heavy atom. The predicted molar refractivity (Wildman–Crippen MR) is 179 cm³/mol. The second-order valence-corrected chi connectivity index (χ2v) is 12.3. The third kappa shape index (κ3) is 6.68. The molecular weight excluding hydrogens is 619 g/mol. The van der Waals surface area contributed by atoms with Gasteiger partial charge in [-0.15, -0.1) is 0 Å². The summed E-state index contributed by atoms with van der Waals surface area (Å²) in [5.74, 6) is -0.0627. The van der Waals surface area contributed by atoms with E-state index in [2.05, 4.69) is 67.0 Å². The van der Waals surface area contributed by atoms with E-state index in [1.54, 1.807) is 36.4 Å². The number of anilines is 3. The average molecular weight is 656 g/mol. The molecule has 0 saturated carbocycles. The molecule has 2 aromatic heterocycles. The Labute approximate surface area is 265 Å². The number of aromatic nitrogens is 3. The molecule has 0 bridgehead atoms. The minimum Gasteiger partial charge on any atom is -0.384 e. The van der Waals surface area contributed by atoms with Gasteiger partial charge >= 0.3 is 0 Å². The van der Waals surface area contributed by atoms with E-state index >= 15 is 0 Å². The largest absolute Gasteiger partial charge is 0.384 e. The minimum atomic E-state index is -0.400. The van der Waals surface area contributed by atoms with Gasteiger partial charge < -0.3 is 16.0 Å². The summed E-state index contributed by atoms with van der Waals surface area (Å²) in [5, 5.41) is 11.8. The van der Waals surface area contributed by atoms with E-state index in [4.69, 9.17) is 4.98 Å². The van der Waals surface area contributed by atoms with Gasteiger partial charge in [0.25, 0.3) is 5.91 Å². The lowest BCUT2D eigenvalue weighted by Gasteiger charge is -2.22. The van der Waals surface area contributed by atoms with Crippen LogP contribution in [0.2, 0.25) is 0 Å². The maximum Gasteiger partial charge on any atom is 0.251 e. The smallest absolute Gasteiger partial charge is 0.251 e. The van der Waals surface area contributed by atoms with E-state index in [1.807, 2.05) is 0 Å². The molecule has 0 unspecified atom stereocenters. The summed E-state index contributed by atoms with van der Waals surface area (Å²) < 4.78 is 14.8. The van der Waals surface area contributed by atoms with Crippen LogP contribution in [0.25, 0.3) is 21.8 Å². The summed E-state index contributed by atoms with van der Waals surface area (Å²) in [6.07, 6.45) is 10.1. The van der Waals surface area contributed by atoms with Crippen molar-refractivity contribution in [1.29, 1.82) is 0 Å². The van der Waals surface area contributed by atoms with E-state index in [9.17, 15) is 9.18 Å². The molecule has 1 aliphatic carbocycles. The highest BCUT2D eigenvalue weighted by Crippen LogP contribution is 2.34. The van der Waals surface area contributed by atoms with E-state index in [0.717, 1.165) is 50.6 Å². The first-order valence-electron chi connectivity index (χ1n) is 15.4. The van der Waals surface area contributed by atoms with Crippen molar-refractivity contribution in [3.8, 4) is 0 Å². The molecule has 1 amide bonds.